The van der Waals surface area contributed by atoms with Crippen molar-refractivity contribution in [1.29, 1.82) is 0 Å². The highest BCUT2D eigenvalue weighted by Gasteiger charge is 2.44. The monoisotopic (exact) mass is 429 g/mol. The summed E-state index contributed by atoms with van der Waals surface area (Å²) in [5, 5.41) is 3.16. The van der Waals surface area contributed by atoms with Crippen LogP contribution < -0.4 is 10.1 Å². The number of ether oxygens (including phenoxy) is 1. The second-order valence-electron chi connectivity index (χ2n) is 10.5. The van der Waals surface area contributed by atoms with Crippen LogP contribution in [0.3, 0.4) is 0 Å². The molecule has 1 atom stereocenters. The summed E-state index contributed by atoms with van der Waals surface area (Å²) in [6.45, 7) is 8.92. The number of carbonyl (C=O) groups is 1. The molecule has 1 aliphatic carbocycles. The van der Waals surface area contributed by atoms with Crippen molar-refractivity contribution in [3.05, 3.63) is 29.8 Å². The average molecular weight is 430 g/mol. The lowest BCUT2D eigenvalue weighted by molar-refractivity contribution is 0.0769. The van der Waals surface area contributed by atoms with Crippen molar-refractivity contribution in [3.63, 3.8) is 0 Å². The van der Waals surface area contributed by atoms with E-state index in [1.54, 1.807) is 0 Å². The molecule has 0 aliphatic heterocycles. The van der Waals surface area contributed by atoms with E-state index in [2.05, 4.69) is 45.1 Å². The van der Waals surface area contributed by atoms with Gasteiger partial charge in [-0.3, -0.25) is 0 Å². The highest BCUT2D eigenvalue weighted by Crippen LogP contribution is 2.43. The van der Waals surface area contributed by atoms with E-state index in [1.165, 1.54) is 76.2 Å². The Bertz CT molecular complexity index is 637. The summed E-state index contributed by atoms with van der Waals surface area (Å²) in [4.78, 5) is 12.5. The van der Waals surface area contributed by atoms with Gasteiger partial charge in [0.2, 0.25) is 0 Å². The van der Waals surface area contributed by atoms with Gasteiger partial charge in [-0.2, -0.15) is 0 Å². The van der Waals surface area contributed by atoms with Gasteiger partial charge in [-0.1, -0.05) is 104 Å². The standard InChI is InChI=1S/C28H47NO2/c1-5-6-7-8-9-10-11-12-13-14-17-24-18-20-25(21-19-24)31-26(30)29-28(4)23-16-15-22-27(28,2)3/h18-21H,5-17,22-23H2,1-4H3,(H,29,30). The summed E-state index contributed by atoms with van der Waals surface area (Å²) >= 11 is 0. The van der Waals surface area contributed by atoms with Gasteiger partial charge in [0.15, 0.2) is 0 Å². The van der Waals surface area contributed by atoms with Gasteiger partial charge in [0.1, 0.15) is 5.75 Å². The minimum atomic E-state index is -0.333. The van der Waals surface area contributed by atoms with Crippen LogP contribution in [0.25, 0.3) is 0 Å². The molecule has 1 unspecified atom stereocenters. The molecule has 0 aromatic heterocycles. The fourth-order valence-electron chi connectivity index (χ4n) is 4.79. The molecular formula is C28H47NO2. The molecule has 1 aliphatic rings. The van der Waals surface area contributed by atoms with E-state index in [9.17, 15) is 4.79 Å². The van der Waals surface area contributed by atoms with Gasteiger partial charge >= 0.3 is 6.09 Å². The summed E-state index contributed by atoms with van der Waals surface area (Å²) in [6, 6.07) is 8.06. The first-order valence-corrected chi connectivity index (χ1v) is 13.0. The third-order valence-corrected chi connectivity index (χ3v) is 7.55. The Morgan fingerprint density at radius 1 is 0.839 bits per heavy atom. The van der Waals surface area contributed by atoms with Crippen LogP contribution in [-0.2, 0) is 6.42 Å². The molecule has 1 saturated carbocycles. The van der Waals surface area contributed by atoms with Crippen LogP contribution in [0.2, 0.25) is 0 Å². The van der Waals surface area contributed by atoms with E-state index >= 15 is 0 Å². The van der Waals surface area contributed by atoms with Crippen molar-refractivity contribution >= 4 is 6.09 Å². The third kappa shape index (κ3) is 8.86. The molecule has 176 valence electrons. The third-order valence-electron chi connectivity index (χ3n) is 7.55. The SMILES string of the molecule is CCCCCCCCCCCCc1ccc(OC(=O)NC2(C)CCCCC2(C)C)cc1. The second-order valence-corrected chi connectivity index (χ2v) is 10.5. The quantitative estimate of drug-likeness (QED) is 0.319. The normalized spacial score (nSPS) is 20.4. The van der Waals surface area contributed by atoms with Crippen LogP contribution in [0, 0.1) is 5.41 Å². The van der Waals surface area contributed by atoms with Gasteiger partial charge in [-0.25, -0.2) is 4.79 Å². The Morgan fingerprint density at radius 3 is 1.97 bits per heavy atom. The van der Waals surface area contributed by atoms with Crippen molar-refractivity contribution in [2.45, 2.75) is 130 Å². The van der Waals surface area contributed by atoms with Gasteiger partial charge < -0.3 is 10.1 Å². The maximum Gasteiger partial charge on any atom is 0.413 e. The number of aryl methyl sites for hydroxylation is 1. The molecule has 3 nitrogen and oxygen atoms in total. The van der Waals surface area contributed by atoms with Crippen LogP contribution in [0.15, 0.2) is 24.3 Å². The maximum absolute atomic E-state index is 12.5. The minimum absolute atomic E-state index is 0.0865. The van der Waals surface area contributed by atoms with Crippen LogP contribution in [0.4, 0.5) is 4.79 Å². The van der Waals surface area contributed by atoms with Crippen LogP contribution in [0.5, 0.6) is 5.75 Å². The maximum atomic E-state index is 12.5. The van der Waals surface area contributed by atoms with Gasteiger partial charge in [-0.05, 0) is 55.7 Å². The van der Waals surface area contributed by atoms with Crippen LogP contribution in [0.1, 0.15) is 123 Å². The summed E-state index contributed by atoms with van der Waals surface area (Å²) in [5.41, 5.74) is 1.20. The van der Waals surface area contributed by atoms with Crippen LogP contribution >= 0.6 is 0 Å². The van der Waals surface area contributed by atoms with Crippen LogP contribution in [-0.4, -0.2) is 11.6 Å². The summed E-state index contributed by atoms with van der Waals surface area (Å²) in [6.07, 6.45) is 18.9. The smallest absolute Gasteiger partial charge is 0.410 e. The van der Waals surface area contributed by atoms with Crippen molar-refractivity contribution in [3.8, 4) is 5.75 Å². The fourth-order valence-corrected chi connectivity index (χ4v) is 4.79. The Morgan fingerprint density at radius 2 is 1.39 bits per heavy atom. The number of carbonyl (C=O) groups excluding carboxylic acids is 1. The molecule has 1 N–H and O–H groups in total. The number of rotatable bonds is 13. The van der Waals surface area contributed by atoms with Crippen molar-refractivity contribution in [1.82, 2.24) is 5.32 Å². The number of amides is 1. The molecule has 0 saturated heterocycles. The van der Waals surface area contributed by atoms with Gasteiger partial charge in [0.25, 0.3) is 0 Å². The summed E-state index contributed by atoms with van der Waals surface area (Å²) in [5.74, 6) is 0.626. The van der Waals surface area contributed by atoms with Gasteiger partial charge in [0.05, 0.1) is 0 Å². The molecule has 1 aromatic rings. The first kappa shape index (κ1) is 25.7. The fraction of sp³-hybridized carbons (Fsp3) is 0.750. The highest BCUT2D eigenvalue weighted by molar-refractivity contribution is 5.71. The van der Waals surface area contributed by atoms with Crippen molar-refractivity contribution < 1.29 is 9.53 Å². The lowest BCUT2D eigenvalue weighted by atomic mass is 9.64. The Labute approximate surface area is 191 Å². The minimum Gasteiger partial charge on any atom is -0.410 e. The zero-order valence-electron chi connectivity index (χ0n) is 20.7. The zero-order valence-corrected chi connectivity index (χ0v) is 20.7. The average Bonchev–Trinajstić information content (AvgIpc) is 2.73. The molecule has 1 amide bonds. The molecule has 2 rings (SSSR count). The van der Waals surface area contributed by atoms with E-state index in [1.807, 2.05) is 12.1 Å². The molecule has 0 heterocycles. The molecule has 31 heavy (non-hydrogen) atoms. The lowest BCUT2D eigenvalue weighted by Gasteiger charge is -2.48. The Kier molecular flexibility index (Phi) is 10.9. The number of hydrogen-bond donors (Lipinski definition) is 1. The number of benzene rings is 1. The summed E-state index contributed by atoms with van der Waals surface area (Å²) in [7, 11) is 0. The molecule has 0 radical (unpaired) electrons. The zero-order chi connectivity index (χ0) is 22.6. The van der Waals surface area contributed by atoms with Gasteiger partial charge in [0, 0.05) is 5.54 Å². The van der Waals surface area contributed by atoms with E-state index in [0.29, 0.717) is 5.75 Å². The molecule has 3 heteroatoms. The molecular weight excluding hydrogens is 382 g/mol. The molecule has 0 spiro atoms. The van der Waals surface area contributed by atoms with Crippen molar-refractivity contribution in [2.75, 3.05) is 0 Å². The first-order valence-electron chi connectivity index (χ1n) is 13.0. The number of unbranched alkanes of at least 4 members (excludes halogenated alkanes) is 9. The highest BCUT2D eigenvalue weighted by atomic mass is 16.6. The van der Waals surface area contributed by atoms with E-state index in [0.717, 1.165) is 25.7 Å². The predicted molar refractivity (Wildman–Crippen MR) is 132 cm³/mol. The van der Waals surface area contributed by atoms with E-state index in [-0.39, 0.29) is 17.0 Å². The molecule has 1 aromatic carbocycles. The number of hydrogen-bond acceptors (Lipinski definition) is 2. The Balaban J connectivity index is 1.62. The predicted octanol–water partition coefficient (Wildman–Crippen LogP) is 8.60. The lowest BCUT2D eigenvalue weighted by Crippen LogP contribution is -2.58. The van der Waals surface area contributed by atoms with Gasteiger partial charge in [-0.15, -0.1) is 0 Å². The second kappa shape index (κ2) is 13.1. The topological polar surface area (TPSA) is 38.3 Å². The largest absolute Gasteiger partial charge is 0.413 e. The summed E-state index contributed by atoms with van der Waals surface area (Å²) < 4.78 is 5.59. The molecule has 1 fully saturated rings. The number of nitrogens with one attached hydrogen (secondary N) is 1. The molecule has 0 bridgehead atoms. The first-order chi connectivity index (χ1) is 14.9. The van der Waals surface area contributed by atoms with Crippen molar-refractivity contribution in [2.24, 2.45) is 5.41 Å². The van der Waals surface area contributed by atoms with E-state index < -0.39 is 0 Å². The Hall–Kier alpha value is -1.51. The van der Waals surface area contributed by atoms with E-state index in [4.69, 9.17) is 4.74 Å².